The normalized spacial score (nSPS) is 12.7. The molecule has 1 aliphatic rings. The third-order valence-electron chi connectivity index (χ3n) is 5.77. The zero-order chi connectivity index (χ0) is 24.4. The van der Waals surface area contributed by atoms with Crippen molar-refractivity contribution in [2.24, 2.45) is 4.99 Å². The molecule has 0 saturated carbocycles. The minimum Gasteiger partial charge on any atom is -0.289 e. The molecule has 4 aromatic carbocycles. The number of hydrogen-bond donors (Lipinski definition) is 0. The topological polar surface area (TPSA) is 63.6 Å². The van der Waals surface area contributed by atoms with E-state index >= 15 is 0 Å². The van der Waals surface area contributed by atoms with Gasteiger partial charge >= 0.3 is 0 Å². The van der Waals surface area contributed by atoms with Crippen LogP contribution in [-0.2, 0) is 0 Å². The zero-order valence-electron chi connectivity index (χ0n) is 18.4. The van der Waals surface area contributed by atoms with Crippen molar-refractivity contribution in [3.63, 3.8) is 0 Å². The second-order valence-corrected chi connectivity index (χ2v) is 8.03. The molecule has 4 aromatic rings. The van der Waals surface area contributed by atoms with Gasteiger partial charge in [-0.05, 0) is 41.5 Å². The van der Waals surface area contributed by atoms with Crippen LogP contribution in [0.1, 0.15) is 53.3 Å². The number of aliphatic imine (C=N–C) groups is 1. The fraction of sp³-hybridized carbons (Fsp3) is 0. The van der Waals surface area contributed by atoms with Crippen LogP contribution >= 0.6 is 0 Å². The van der Waals surface area contributed by atoms with Crippen LogP contribution in [0.4, 0.5) is 10.1 Å². The lowest BCUT2D eigenvalue weighted by molar-refractivity contribution is 0.0972. The molecule has 1 aliphatic carbocycles. The molecule has 0 bridgehead atoms. The van der Waals surface area contributed by atoms with Crippen LogP contribution in [0.3, 0.4) is 0 Å². The van der Waals surface area contributed by atoms with Crippen molar-refractivity contribution in [3.05, 3.63) is 142 Å². The average Bonchev–Trinajstić information content (AvgIpc) is 2.90. The molecule has 0 aromatic heterocycles. The van der Waals surface area contributed by atoms with E-state index in [4.69, 9.17) is 0 Å². The summed E-state index contributed by atoms with van der Waals surface area (Å²) < 4.78 is 13.0. The monoisotopic (exact) mass is 459 g/mol. The molecule has 0 fully saturated rings. The van der Waals surface area contributed by atoms with E-state index in [0.29, 0.717) is 16.8 Å². The zero-order valence-corrected chi connectivity index (χ0v) is 18.4. The number of fused-ring (bicyclic) bond motifs is 2. The van der Waals surface area contributed by atoms with Crippen LogP contribution in [0.5, 0.6) is 0 Å². The summed E-state index contributed by atoms with van der Waals surface area (Å²) in [6.45, 7) is 0. The lowest BCUT2D eigenvalue weighted by Gasteiger charge is -2.19. The first-order chi connectivity index (χ1) is 17.0. The predicted octanol–water partition coefficient (Wildman–Crippen LogP) is 6.25. The molecule has 0 spiro atoms. The predicted molar refractivity (Wildman–Crippen MR) is 133 cm³/mol. The summed E-state index contributed by atoms with van der Waals surface area (Å²) in [5.74, 6) is -1.25. The summed E-state index contributed by atoms with van der Waals surface area (Å²) in [7, 11) is 0. The number of allylic oxidation sites excluding steroid dienone is 1. The van der Waals surface area contributed by atoms with Gasteiger partial charge < -0.3 is 0 Å². The van der Waals surface area contributed by atoms with Crippen molar-refractivity contribution in [3.8, 4) is 0 Å². The Morgan fingerprint density at radius 3 is 2.03 bits per heavy atom. The van der Waals surface area contributed by atoms with Gasteiger partial charge in [-0.1, -0.05) is 72.8 Å². The quantitative estimate of drug-likeness (QED) is 0.177. The number of benzene rings is 4. The first kappa shape index (κ1) is 22.0. The smallest absolute Gasteiger partial charge is 0.195 e. The fourth-order valence-electron chi connectivity index (χ4n) is 3.98. The SMILES string of the molecule is O=C(/C=C/c1ccc(C=Nc2ccc(F)cc2)cc1)c1cccc2c1C(=O)c1ccccc1C2=O. The molecule has 0 heterocycles. The number of hydrogen-bond acceptors (Lipinski definition) is 4. The van der Waals surface area contributed by atoms with Crippen LogP contribution < -0.4 is 0 Å². The maximum atomic E-state index is 13.1. The third kappa shape index (κ3) is 4.39. The highest BCUT2D eigenvalue weighted by Crippen LogP contribution is 2.30. The summed E-state index contributed by atoms with van der Waals surface area (Å²) in [5.41, 5.74) is 3.54. The van der Waals surface area contributed by atoms with Gasteiger partial charge in [0.05, 0.1) is 5.69 Å². The van der Waals surface area contributed by atoms with Gasteiger partial charge in [-0.2, -0.15) is 0 Å². The molecule has 0 radical (unpaired) electrons. The van der Waals surface area contributed by atoms with Crippen LogP contribution in [0.15, 0.2) is 102 Å². The molecule has 0 unspecified atom stereocenters. The Labute approximate surface area is 201 Å². The van der Waals surface area contributed by atoms with Crippen LogP contribution in [0, 0.1) is 5.82 Å². The fourth-order valence-corrected chi connectivity index (χ4v) is 3.98. The van der Waals surface area contributed by atoms with Crippen LogP contribution in [0.2, 0.25) is 0 Å². The summed E-state index contributed by atoms with van der Waals surface area (Å²) in [6, 6.07) is 24.7. The Balaban J connectivity index is 1.36. The second-order valence-electron chi connectivity index (χ2n) is 8.03. The molecular formula is C30H18FNO3. The first-order valence-corrected chi connectivity index (χ1v) is 10.9. The standard InChI is InChI=1S/C30H18FNO3/c31-21-13-15-22(16-14-21)32-18-20-10-8-19(9-11-20)12-17-27(33)25-6-3-7-26-28(25)30(35)24-5-2-1-4-23(24)29(26)34/h1-18H/b17-12+,32-18?. The van der Waals surface area contributed by atoms with Gasteiger partial charge in [0, 0.05) is 34.0 Å². The van der Waals surface area contributed by atoms with Crippen molar-refractivity contribution in [1.29, 1.82) is 0 Å². The Morgan fingerprint density at radius 2 is 1.31 bits per heavy atom. The Kier molecular flexibility index (Phi) is 5.81. The van der Waals surface area contributed by atoms with E-state index in [1.165, 1.54) is 18.2 Å². The van der Waals surface area contributed by atoms with Gasteiger partial charge in [0.2, 0.25) is 0 Å². The minimum absolute atomic E-state index is 0.151. The lowest BCUT2D eigenvalue weighted by Crippen LogP contribution is -2.23. The van der Waals surface area contributed by atoms with E-state index < -0.39 is 0 Å². The lowest BCUT2D eigenvalue weighted by atomic mass is 9.81. The first-order valence-electron chi connectivity index (χ1n) is 10.9. The maximum Gasteiger partial charge on any atom is 0.195 e. The van der Waals surface area contributed by atoms with E-state index in [9.17, 15) is 18.8 Å². The average molecular weight is 459 g/mol. The molecule has 168 valence electrons. The molecule has 0 aliphatic heterocycles. The molecule has 0 N–H and O–H groups in total. The highest BCUT2D eigenvalue weighted by Gasteiger charge is 2.32. The number of carbonyl (C=O) groups excluding carboxylic acids is 3. The van der Waals surface area contributed by atoms with Crippen molar-refractivity contribution in [1.82, 2.24) is 0 Å². The van der Waals surface area contributed by atoms with E-state index in [0.717, 1.165) is 11.1 Å². The van der Waals surface area contributed by atoms with Gasteiger partial charge in [-0.3, -0.25) is 19.4 Å². The molecule has 4 nitrogen and oxygen atoms in total. The Bertz CT molecular complexity index is 1530. The van der Waals surface area contributed by atoms with Crippen molar-refractivity contribution in [2.45, 2.75) is 0 Å². The second kappa shape index (κ2) is 9.23. The number of halogens is 1. The Hall–Kier alpha value is -4.77. The van der Waals surface area contributed by atoms with Crippen molar-refractivity contribution >= 4 is 35.3 Å². The highest BCUT2D eigenvalue weighted by atomic mass is 19.1. The van der Waals surface area contributed by atoms with Gasteiger partial charge in [0.15, 0.2) is 17.3 Å². The number of ketones is 3. The molecule has 5 rings (SSSR count). The van der Waals surface area contributed by atoms with E-state index in [1.807, 2.05) is 24.3 Å². The van der Waals surface area contributed by atoms with Crippen LogP contribution in [-0.4, -0.2) is 23.6 Å². The van der Waals surface area contributed by atoms with E-state index in [2.05, 4.69) is 4.99 Å². The number of carbonyl (C=O) groups is 3. The van der Waals surface area contributed by atoms with Gasteiger partial charge in [0.1, 0.15) is 5.82 Å². The molecule has 0 atom stereocenters. The third-order valence-corrected chi connectivity index (χ3v) is 5.77. The summed E-state index contributed by atoms with van der Waals surface area (Å²) in [4.78, 5) is 43.3. The summed E-state index contributed by atoms with van der Waals surface area (Å²) in [5, 5.41) is 0. The number of rotatable bonds is 5. The van der Waals surface area contributed by atoms with Gasteiger partial charge in [0.25, 0.3) is 0 Å². The van der Waals surface area contributed by atoms with Crippen molar-refractivity contribution in [2.75, 3.05) is 0 Å². The molecule has 35 heavy (non-hydrogen) atoms. The van der Waals surface area contributed by atoms with Gasteiger partial charge in [-0.15, -0.1) is 0 Å². The number of nitrogens with zero attached hydrogens (tertiary/aromatic N) is 1. The van der Waals surface area contributed by atoms with E-state index in [-0.39, 0.29) is 39.9 Å². The Morgan fingerprint density at radius 1 is 0.686 bits per heavy atom. The van der Waals surface area contributed by atoms with Crippen LogP contribution in [0.25, 0.3) is 6.08 Å². The van der Waals surface area contributed by atoms with Gasteiger partial charge in [-0.25, -0.2) is 4.39 Å². The molecule has 5 heteroatoms. The minimum atomic E-state index is -0.357. The summed E-state index contributed by atoms with van der Waals surface area (Å²) >= 11 is 0. The van der Waals surface area contributed by atoms with E-state index in [1.54, 1.807) is 66.9 Å². The summed E-state index contributed by atoms with van der Waals surface area (Å²) in [6.07, 6.45) is 4.73. The molecule has 0 saturated heterocycles. The highest BCUT2D eigenvalue weighted by molar-refractivity contribution is 6.31. The maximum absolute atomic E-state index is 13.1. The molecule has 0 amide bonds. The molecular weight excluding hydrogens is 441 g/mol. The van der Waals surface area contributed by atoms with Crippen molar-refractivity contribution < 1.29 is 18.8 Å². The largest absolute Gasteiger partial charge is 0.289 e.